The van der Waals surface area contributed by atoms with Gasteiger partial charge >= 0.3 is 0 Å². The summed E-state index contributed by atoms with van der Waals surface area (Å²) >= 11 is 4.53. The molecule has 0 saturated heterocycles. The Morgan fingerprint density at radius 2 is 2.07 bits per heavy atom. The molecule has 2 aromatic carbocycles. The average Bonchev–Trinajstić information content (AvgIpc) is 3.10. The van der Waals surface area contributed by atoms with Gasteiger partial charge in [-0.3, -0.25) is 14.9 Å². The quantitative estimate of drug-likeness (QED) is 0.336. The van der Waals surface area contributed by atoms with Gasteiger partial charge in [-0.15, -0.1) is 10.2 Å². The molecule has 0 radical (unpaired) electrons. The highest BCUT2D eigenvalue weighted by atomic mass is 79.9. The van der Waals surface area contributed by atoms with Crippen LogP contribution in [0.15, 0.2) is 56.6 Å². The van der Waals surface area contributed by atoms with Crippen LogP contribution in [0.5, 0.6) is 0 Å². The molecule has 1 N–H and O–H groups in total. The first-order valence-electron chi connectivity index (χ1n) is 7.70. The molecule has 0 unspecified atom stereocenters. The van der Waals surface area contributed by atoms with Crippen molar-refractivity contribution in [1.82, 2.24) is 10.2 Å². The number of hydrogen-bond acceptors (Lipinski definition) is 7. The number of nitrogens with zero attached hydrogens (tertiary/aromatic N) is 3. The number of anilines is 1. The molecular formula is C17H13BrN4O4S. The largest absolute Gasteiger partial charge is 0.411 e. The van der Waals surface area contributed by atoms with Crippen LogP contribution in [0.4, 0.5) is 11.4 Å². The van der Waals surface area contributed by atoms with Gasteiger partial charge in [0.2, 0.25) is 11.8 Å². The molecule has 8 nitrogen and oxygen atoms in total. The lowest BCUT2D eigenvalue weighted by Gasteiger charge is -2.07. The summed E-state index contributed by atoms with van der Waals surface area (Å²) in [5, 5.41) is 21.7. The molecule has 0 spiro atoms. The highest BCUT2D eigenvalue weighted by Crippen LogP contribution is 2.29. The Morgan fingerprint density at radius 3 is 2.78 bits per heavy atom. The zero-order chi connectivity index (χ0) is 19.4. The molecule has 1 aromatic heterocycles. The number of nitro groups is 1. The van der Waals surface area contributed by atoms with Crippen molar-refractivity contribution < 1.29 is 14.1 Å². The van der Waals surface area contributed by atoms with Gasteiger partial charge in [-0.1, -0.05) is 23.9 Å². The summed E-state index contributed by atoms with van der Waals surface area (Å²) in [6.07, 6.45) is 0. The van der Waals surface area contributed by atoms with E-state index >= 15 is 0 Å². The summed E-state index contributed by atoms with van der Waals surface area (Å²) < 4.78 is 6.40. The van der Waals surface area contributed by atoms with Crippen LogP contribution in [-0.2, 0) is 4.79 Å². The summed E-state index contributed by atoms with van der Waals surface area (Å²) in [5.74, 6) is 0.141. The highest BCUT2D eigenvalue weighted by Gasteiger charge is 2.14. The number of non-ortho nitro benzene ring substituents is 1. The van der Waals surface area contributed by atoms with Gasteiger partial charge < -0.3 is 9.73 Å². The van der Waals surface area contributed by atoms with E-state index in [1.807, 2.05) is 24.3 Å². The first-order valence-corrected chi connectivity index (χ1v) is 9.48. The summed E-state index contributed by atoms with van der Waals surface area (Å²) in [4.78, 5) is 22.4. The number of carbonyl (C=O) groups excluding carboxylic acids is 1. The fourth-order valence-corrected chi connectivity index (χ4v) is 3.24. The van der Waals surface area contributed by atoms with Gasteiger partial charge in [0, 0.05) is 22.3 Å². The average molecular weight is 449 g/mol. The molecule has 1 heterocycles. The number of thioether (sulfide) groups is 1. The number of aryl methyl sites for hydroxylation is 1. The molecule has 0 aliphatic heterocycles. The van der Waals surface area contributed by atoms with Crippen LogP contribution in [0.1, 0.15) is 5.56 Å². The molecule has 0 fully saturated rings. The van der Waals surface area contributed by atoms with Crippen molar-refractivity contribution in [3.05, 3.63) is 62.6 Å². The van der Waals surface area contributed by atoms with E-state index in [0.29, 0.717) is 17.1 Å². The Balaban J connectivity index is 1.60. The third-order valence-corrected chi connectivity index (χ3v) is 5.04. The van der Waals surface area contributed by atoms with E-state index in [0.717, 1.165) is 21.8 Å². The predicted molar refractivity (Wildman–Crippen MR) is 105 cm³/mol. The van der Waals surface area contributed by atoms with E-state index in [9.17, 15) is 14.9 Å². The lowest BCUT2D eigenvalue weighted by molar-refractivity contribution is -0.384. The smallest absolute Gasteiger partial charge is 0.277 e. The van der Waals surface area contributed by atoms with E-state index in [2.05, 4.69) is 31.4 Å². The Kier molecular flexibility index (Phi) is 5.87. The molecule has 3 rings (SSSR count). The van der Waals surface area contributed by atoms with Gasteiger partial charge in [-0.2, -0.15) is 0 Å². The molecule has 0 saturated carbocycles. The fourth-order valence-electron chi connectivity index (χ4n) is 2.23. The topological polar surface area (TPSA) is 111 Å². The SMILES string of the molecule is Cc1cc([N+](=O)[O-])ccc1NC(=O)CSc1nnc(-c2ccccc2Br)o1. The molecule has 27 heavy (non-hydrogen) atoms. The summed E-state index contributed by atoms with van der Waals surface area (Å²) in [5.41, 5.74) is 1.87. The lowest BCUT2D eigenvalue weighted by atomic mass is 10.2. The maximum absolute atomic E-state index is 12.1. The second kappa shape index (κ2) is 8.31. The standard InChI is InChI=1S/C17H13BrN4O4S/c1-10-8-11(22(24)25)6-7-14(10)19-15(23)9-27-17-21-20-16(26-17)12-4-2-3-5-13(12)18/h2-8H,9H2,1H3,(H,19,23). The molecule has 0 atom stereocenters. The number of halogens is 1. The third kappa shape index (κ3) is 4.72. The van der Waals surface area contributed by atoms with Gasteiger partial charge in [0.05, 0.1) is 16.2 Å². The van der Waals surface area contributed by atoms with Crippen molar-refractivity contribution >= 4 is 45.0 Å². The van der Waals surface area contributed by atoms with Crippen LogP contribution in [-0.4, -0.2) is 26.8 Å². The number of aromatic nitrogens is 2. The maximum Gasteiger partial charge on any atom is 0.277 e. The van der Waals surface area contributed by atoms with Crippen molar-refractivity contribution in [3.63, 3.8) is 0 Å². The number of nitrogens with one attached hydrogen (secondary N) is 1. The van der Waals surface area contributed by atoms with Crippen LogP contribution in [0, 0.1) is 17.0 Å². The number of rotatable bonds is 6. The van der Waals surface area contributed by atoms with Crippen LogP contribution in [0.3, 0.4) is 0 Å². The van der Waals surface area contributed by atoms with E-state index < -0.39 is 4.92 Å². The minimum Gasteiger partial charge on any atom is -0.411 e. The molecule has 0 aliphatic rings. The fraction of sp³-hybridized carbons (Fsp3) is 0.118. The van der Waals surface area contributed by atoms with Crippen LogP contribution in [0.2, 0.25) is 0 Å². The van der Waals surface area contributed by atoms with Gasteiger partial charge in [0.15, 0.2) is 0 Å². The Hall–Kier alpha value is -2.72. The van der Waals surface area contributed by atoms with Gasteiger partial charge in [0.25, 0.3) is 10.9 Å². The molecule has 1 amide bonds. The van der Waals surface area contributed by atoms with Crippen LogP contribution in [0.25, 0.3) is 11.5 Å². The molecule has 0 aliphatic carbocycles. The zero-order valence-corrected chi connectivity index (χ0v) is 16.4. The lowest BCUT2D eigenvalue weighted by Crippen LogP contribution is -2.14. The van der Waals surface area contributed by atoms with E-state index in [1.165, 1.54) is 18.2 Å². The van der Waals surface area contributed by atoms with Crippen molar-refractivity contribution in [3.8, 4) is 11.5 Å². The third-order valence-electron chi connectivity index (χ3n) is 3.53. The van der Waals surface area contributed by atoms with Crippen molar-refractivity contribution in [2.75, 3.05) is 11.1 Å². The maximum atomic E-state index is 12.1. The molecule has 3 aromatic rings. The Morgan fingerprint density at radius 1 is 1.30 bits per heavy atom. The normalized spacial score (nSPS) is 10.6. The zero-order valence-electron chi connectivity index (χ0n) is 14.0. The monoisotopic (exact) mass is 448 g/mol. The number of hydrogen-bond donors (Lipinski definition) is 1. The van der Waals surface area contributed by atoms with Crippen molar-refractivity contribution in [1.29, 1.82) is 0 Å². The number of amides is 1. The van der Waals surface area contributed by atoms with Gasteiger partial charge in [-0.05, 0) is 46.6 Å². The first kappa shape index (κ1) is 19.1. The van der Waals surface area contributed by atoms with Crippen LogP contribution < -0.4 is 5.32 Å². The van der Waals surface area contributed by atoms with E-state index in [1.54, 1.807) is 6.92 Å². The predicted octanol–water partition coefficient (Wildman–Crippen LogP) is 4.45. The first-order chi connectivity index (χ1) is 12.9. The van der Waals surface area contributed by atoms with Crippen molar-refractivity contribution in [2.45, 2.75) is 12.1 Å². The number of carbonyl (C=O) groups is 1. The van der Waals surface area contributed by atoms with Crippen molar-refractivity contribution in [2.24, 2.45) is 0 Å². The Labute approximate surface area is 166 Å². The van der Waals surface area contributed by atoms with E-state index in [-0.39, 0.29) is 22.6 Å². The summed E-state index contributed by atoms with van der Waals surface area (Å²) in [6.45, 7) is 1.69. The minimum atomic E-state index is -0.479. The summed E-state index contributed by atoms with van der Waals surface area (Å²) in [7, 11) is 0. The molecular weight excluding hydrogens is 436 g/mol. The molecule has 138 valence electrons. The second-order valence-electron chi connectivity index (χ2n) is 5.45. The number of benzene rings is 2. The second-order valence-corrected chi connectivity index (χ2v) is 7.23. The van der Waals surface area contributed by atoms with Crippen LogP contribution >= 0.6 is 27.7 Å². The molecule has 0 bridgehead atoms. The number of nitro benzene ring substituents is 1. The highest BCUT2D eigenvalue weighted by molar-refractivity contribution is 9.10. The summed E-state index contributed by atoms with van der Waals surface area (Å²) in [6, 6.07) is 11.7. The van der Waals surface area contributed by atoms with Gasteiger partial charge in [-0.25, -0.2) is 0 Å². The Bertz CT molecular complexity index is 1010. The van der Waals surface area contributed by atoms with Gasteiger partial charge in [0.1, 0.15) is 0 Å². The molecule has 10 heteroatoms. The minimum absolute atomic E-state index is 0.0228. The van der Waals surface area contributed by atoms with E-state index in [4.69, 9.17) is 4.42 Å².